The van der Waals surface area contributed by atoms with Crippen molar-refractivity contribution < 1.29 is 4.74 Å². The molecule has 1 aliphatic heterocycles. The zero-order valence-corrected chi connectivity index (χ0v) is 16.5. The Balaban J connectivity index is 0.000000358. The van der Waals surface area contributed by atoms with Gasteiger partial charge in [0.25, 0.3) is 0 Å². The lowest BCUT2D eigenvalue weighted by atomic mass is 9.89. The fourth-order valence-corrected chi connectivity index (χ4v) is 3.01. The molecular formula is C21H34OS. The Bertz CT molecular complexity index is 454. The third-order valence-electron chi connectivity index (χ3n) is 3.42. The molecule has 1 nitrogen and oxygen atoms in total. The predicted octanol–water partition coefficient (Wildman–Crippen LogP) is 6.83. The molecule has 1 aromatic rings. The van der Waals surface area contributed by atoms with Crippen molar-refractivity contribution in [2.24, 2.45) is 5.92 Å². The van der Waals surface area contributed by atoms with Gasteiger partial charge in [0.15, 0.2) is 0 Å². The highest BCUT2D eigenvalue weighted by molar-refractivity contribution is 7.07. The maximum atomic E-state index is 5.54. The van der Waals surface area contributed by atoms with Crippen molar-refractivity contribution in [3.05, 3.63) is 58.3 Å². The number of hydrogen-bond acceptors (Lipinski definition) is 2. The lowest BCUT2D eigenvalue weighted by Gasteiger charge is -2.28. The molecule has 0 bridgehead atoms. The van der Waals surface area contributed by atoms with Crippen LogP contribution in [0.3, 0.4) is 0 Å². The Kier molecular flexibility index (Phi) is 13.8. The summed E-state index contributed by atoms with van der Waals surface area (Å²) in [5.74, 6) is 0.494. The summed E-state index contributed by atoms with van der Waals surface area (Å²) in [7, 11) is 0. The molecular weight excluding hydrogens is 300 g/mol. The van der Waals surface area contributed by atoms with Crippen LogP contribution in [-0.4, -0.2) is 12.7 Å². The van der Waals surface area contributed by atoms with Gasteiger partial charge in [0.2, 0.25) is 0 Å². The first kappa shape index (κ1) is 21.9. The summed E-state index contributed by atoms with van der Waals surface area (Å²) in [5.41, 5.74) is 2.92. The predicted molar refractivity (Wildman–Crippen MR) is 106 cm³/mol. The minimum absolute atomic E-state index is 0.296. The highest BCUT2D eigenvalue weighted by Crippen LogP contribution is 2.26. The van der Waals surface area contributed by atoms with Crippen LogP contribution in [0.25, 0.3) is 0 Å². The molecule has 2 unspecified atom stereocenters. The van der Waals surface area contributed by atoms with Gasteiger partial charge in [-0.05, 0) is 35.7 Å². The fourth-order valence-electron chi connectivity index (χ4n) is 2.31. The van der Waals surface area contributed by atoms with E-state index in [-0.39, 0.29) is 0 Å². The summed E-state index contributed by atoms with van der Waals surface area (Å²) in [6.45, 7) is 13.1. The van der Waals surface area contributed by atoms with Crippen LogP contribution >= 0.6 is 11.3 Å². The second kappa shape index (κ2) is 14.5. The first-order chi connectivity index (χ1) is 11.3. The molecule has 0 aromatic carbocycles. The summed E-state index contributed by atoms with van der Waals surface area (Å²) in [4.78, 5) is 0. The first-order valence-electron chi connectivity index (χ1n) is 8.95. The van der Waals surface area contributed by atoms with E-state index in [1.165, 1.54) is 24.0 Å². The highest BCUT2D eigenvalue weighted by atomic mass is 32.1. The van der Waals surface area contributed by atoms with E-state index in [0.29, 0.717) is 12.0 Å². The number of thiophene rings is 1. The SMILES string of the molecule is CC.CC.CC1=CCOC2C=CC=CC12.CCCc1ccsc1. The minimum Gasteiger partial charge on any atom is -0.369 e. The van der Waals surface area contributed by atoms with Gasteiger partial charge in [0.1, 0.15) is 0 Å². The summed E-state index contributed by atoms with van der Waals surface area (Å²) in [6, 6.07) is 2.19. The van der Waals surface area contributed by atoms with E-state index in [9.17, 15) is 0 Å². The Hall–Kier alpha value is -1.12. The molecule has 0 amide bonds. The topological polar surface area (TPSA) is 9.23 Å². The second-order valence-electron chi connectivity index (χ2n) is 4.92. The quantitative estimate of drug-likeness (QED) is 0.539. The van der Waals surface area contributed by atoms with Crippen molar-refractivity contribution in [1.29, 1.82) is 0 Å². The zero-order valence-electron chi connectivity index (χ0n) is 15.7. The van der Waals surface area contributed by atoms with E-state index in [2.05, 4.69) is 61.1 Å². The van der Waals surface area contributed by atoms with Gasteiger partial charge in [0, 0.05) is 5.92 Å². The molecule has 2 atom stereocenters. The average Bonchev–Trinajstić information content (AvgIpc) is 3.13. The van der Waals surface area contributed by atoms with Crippen molar-refractivity contribution in [1.82, 2.24) is 0 Å². The van der Waals surface area contributed by atoms with Crippen molar-refractivity contribution >= 4 is 11.3 Å². The Morgan fingerprint density at radius 3 is 2.39 bits per heavy atom. The normalized spacial score (nSPS) is 20.5. The van der Waals surface area contributed by atoms with Gasteiger partial charge >= 0.3 is 0 Å². The maximum Gasteiger partial charge on any atom is 0.0862 e. The molecule has 0 saturated carbocycles. The van der Waals surface area contributed by atoms with E-state index < -0.39 is 0 Å². The largest absolute Gasteiger partial charge is 0.369 e. The third-order valence-corrected chi connectivity index (χ3v) is 4.15. The van der Waals surface area contributed by atoms with Crippen LogP contribution in [0.4, 0.5) is 0 Å². The molecule has 0 N–H and O–H groups in total. The van der Waals surface area contributed by atoms with Crippen molar-refractivity contribution in [3.8, 4) is 0 Å². The molecule has 2 heterocycles. The molecule has 0 fully saturated rings. The first-order valence-corrected chi connectivity index (χ1v) is 9.90. The van der Waals surface area contributed by atoms with Crippen molar-refractivity contribution in [2.75, 3.05) is 6.61 Å². The van der Waals surface area contributed by atoms with Crippen LogP contribution in [0.15, 0.2) is 52.8 Å². The summed E-state index contributed by atoms with van der Waals surface area (Å²) < 4.78 is 5.54. The van der Waals surface area contributed by atoms with Crippen LogP contribution in [-0.2, 0) is 11.2 Å². The van der Waals surface area contributed by atoms with Crippen molar-refractivity contribution in [2.45, 2.75) is 60.5 Å². The number of hydrogen-bond donors (Lipinski definition) is 0. The van der Waals surface area contributed by atoms with Gasteiger partial charge in [-0.2, -0.15) is 11.3 Å². The van der Waals surface area contributed by atoms with Crippen LogP contribution < -0.4 is 0 Å². The van der Waals surface area contributed by atoms with Gasteiger partial charge in [0.05, 0.1) is 12.7 Å². The third kappa shape index (κ3) is 8.34. The summed E-state index contributed by atoms with van der Waals surface area (Å²) >= 11 is 1.78. The van der Waals surface area contributed by atoms with Crippen molar-refractivity contribution in [3.63, 3.8) is 0 Å². The van der Waals surface area contributed by atoms with Gasteiger partial charge < -0.3 is 4.74 Å². The minimum atomic E-state index is 0.296. The van der Waals surface area contributed by atoms with Crippen LogP contribution in [0.1, 0.15) is 53.5 Å². The Morgan fingerprint density at radius 2 is 1.83 bits per heavy atom. The molecule has 23 heavy (non-hydrogen) atoms. The number of fused-ring (bicyclic) bond motifs is 1. The van der Waals surface area contributed by atoms with E-state index in [1.807, 2.05) is 27.7 Å². The van der Waals surface area contributed by atoms with Gasteiger partial charge in [-0.3, -0.25) is 0 Å². The molecule has 2 aliphatic rings. The van der Waals surface area contributed by atoms with Gasteiger partial charge in [-0.15, -0.1) is 0 Å². The summed E-state index contributed by atoms with van der Waals surface area (Å²) in [5, 5.41) is 4.34. The van der Waals surface area contributed by atoms with E-state index >= 15 is 0 Å². The van der Waals surface area contributed by atoms with E-state index in [0.717, 1.165) is 6.61 Å². The number of allylic oxidation sites excluding steroid dienone is 2. The lowest BCUT2D eigenvalue weighted by Crippen LogP contribution is -2.26. The molecule has 0 spiro atoms. The number of ether oxygens (including phenoxy) is 1. The van der Waals surface area contributed by atoms with Crippen LogP contribution in [0.5, 0.6) is 0 Å². The molecule has 0 radical (unpaired) electrons. The maximum absolute atomic E-state index is 5.54. The number of aryl methyl sites for hydroxylation is 1. The zero-order chi connectivity index (χ0) is 17.5. The van der Waals surface area contributed by atoms with Crippen LogP contribution in [0.2, 0.25) is 0 Å². The summed E-state index contributed by atoms with van der Waals surface area (Å²) in [6.07, 6.45) is 13.4. The molecule has 2 heteroatoms. The standard InChI is InChI=1S/C10H12O.C7H10S.2C2H6/c1-8-6-7-11-10-5-3-2-4-9(8)10;1-2-3-7-4-5-8-6-7;2*1-2/h2-6,9-10H,7H2,1H3;4-6H,2-3H2,1H3;2*1-2H3. The fraction of sp³-hybridized carbons (Fsp3) is 0.524. The van der Waals surface area contributed by atoms with Gasteiger partial charge in [-0.1, -0.05) is 77.0 Å². The molecule has 3 rings (SSSR count). The Labute approximate surface area is 147 Å². The second-order valence-corrected chi connectivity index (χ2v) is 5.70. The average molecular weight is 335 g/mol. The smallest absolute Gasteiger partial charge is 0.0862 e. The number of rotatable bonds is 2. The van der Waals surface area contributed by atoms with E-state index in [1.54, 1.807) is 11.3 Å². The van der Waals surface area contributed by atoms with Crippen LogP contribution in [0, 0.1) is 5.92 Å². The lowest BCUT2D eigenvalue weighted by molar-refractivity contribution is 0.0754. The molecule has 1 aromatic heterocycles. The molecule has 130 valence electrons. The molecule has 0 saturated heterocycles. The van der Waals surface area contributed by atoms with E-state index in [4.69, 9.17) is 4.74 Å². The van der Waals surface area contributed by atoms with Gasteiger partial charge in [-0.25, -0.2) is 0 Å². The molecule has 1 aliphatic carbocycles. The Morgan fingerprint density at radius 1 is 1.13 bits per heavy atom. The highest BCUT2D eigenvalue weighted by Gasteiger charge is 2.22. The monoisotopic (exact) mass is 334 g/mol.